The minimum Gasteiger partial charge on any atom is -0.382 e. The third kappa shape index (κ3) is 6.61. The fourth-order valence-corrected chi connectivity index (χ4v) is 6.04. The summed E-state index contributed by atoms with van der Waals surface area (Å²) < 4.78 is 59.3. The number of amides is 1. The van der Waals surface area contributed by atoms with Crippen molar-refractivity contribution < 1.29 is 26.4 Å². The van der Waals surface area contributed by atoms with Gasteiger partial charge in [-0.2, -0.15) is 4.31 Å². The Kier molecular flexibility index (Phi) is 8.60. The van der Waals surface area contributed by atoms with Gasteiger partial charge in [0.05, 0.1) is 9.79 Å². The molecule has 1 saturated heterocycles. The lowest BCUT2D eigenvalue weighted by molar-refractivity contribution is 0.102. The Morgan fingerprint density at radius 3 is 2.36 bits per heavy atom. The van der Waals surface area contributed by atoms with Crippen molar-refractivity contribution in [3.63, 3.8) is 0 Å². The molecule has 0 aliphatic carbocycles. The topological polar surface area (TPSA) is 122 Å². The molecule has 1 fully saturated rings. The van der Waals surface area contributed by atoms with E-state index in [-0.39, 0.29) is 21.9 Å². The normalized spacial score (nSPS) is 14.9. The predicted molar refractivity (Wildman–Crippen MR) is 125 cm³/mol. The van der Waals surface area contributed by atoms with Crippen molar-refractivity contribution in [2.75, 3.05) is 38.2 Å². The van der Waals surface area contributed by atoms with Crippen LogP contribution in [0.5, 0.6) is 0 Å². The fraction of sp³-hybridized carbons (Fsp3) is 0.409. The van der Waals surface area contributed by atoms with E-state index in [2.05, 4.69) is 10.0 Å². The third-order valence-corrected chi connectivity index (χ3v) is 8.55. The zero-order valence-corrected chi connectivity index (χ0v) is 20.1. The number of carbonyl (C=O) groups is 1. The molecule has 1 amide bonds. The van der Waals surface area contributed by atoms with Gasteiger partial charge in [-0.3, -0.25) is 4.79 Å². The average Bonchev–Trinajstić information content (AvgIpc) is 3.35. The monoisotopic (exact) mass is 495 g/mol. The molecular formula is C22H29N3O6S2. The summed E-state index contributed by atoms with van der Waals surface area (Å²) in [5.41, 5.74) is 0.589. The summed E-state index contributed by atoms with van der Waals surface area (Å²) >= 11 is 0. The van der Waals surface area contributed by atoms with Gasteiger partial charge in [0.15, 0.2) is 0 Å². The summed E-state index contributed by atoms with van der Waals surface area (Å²) in [6.07, 6.45) is 2.22. The smallest absolute Gasteiger partial charge is 0.255 e. The molecule has 0 saturated carbocycles. The molecule has 2 aromatic carbocycles. The molecule has 1 aliphatic rings. The molecule has 180 valence electrons. The standard InChI is InChI=1S/C22H29N3O6S2/c1-2-31-16-6-13-23-32(27,28)20-11-9-19(10-12-20)24-22(26)18-7-5-8-21(17-18)33(29,30)25-14-3-4-15-25/h5,7-12,17,23H,2-4,6,13-16H2,1H3,(H,24,26). The van der Waals surface area contributed by atoms with Gasteiger partial charge in [-0.05, 0) is 68.7 Å². The molecule has 1 heterocycles. The van der Waals surface area contributed by atoms with Gasteiger partial charge in [0.1, 0.15) is 0 Å². The number of hydrogen-bond acceptors (Lipinski definition) is 6. The zero-order chi connectivity index (χ0) is 23.9. The first kappa shape index (κ1) is 25.3. The van der Waals surface area contributed by atoms with Crippen LogP contribution in [0.25, 0.3) is 0 Å². The van der Waals surface area contributed by atoms with Crippen molar-refractivity contribution in [3.05, 3.63) is 54.1 Å². The van der Waals surface area contributed by atoms with E-state index >= 15 is 0 Å². The van der Waals surface area contributed by atoms with E-state index in [4.69, 9.17) is 4.74 Å². The molecule has 0 bridgehead atoms. The zero-order valence-electron chi connectivity index (χ0n) is 18.5. The Balaban J connectivity index is 1.64. The first-order chi connectivity index (χ1) is 15.7. The summed E-state index contributed by atoms with van der Waals surface area (Å²) in [7, 11) is -7.30. The van der Waals surface area contributed by atoms with E-state index in [1.165, 1.54) is 52.8 Å². The van der Waals surface area contributed by atoms with Gasteiger partial charge >= 0.3 is 0 Å². The largest absolute Gasteiger partial charge is 0.382 e. The molecule has 0 radical (unpaired) electrons. The van der Waals surface area contributed by atoms with Crippen molar-refractivity contribution in [3.8, 4) is 0 Å². The van der Waals surface area contributed by atoms with Crippen molar-refractivity contribution in [2.45, 2.75) is 36.0 Å². The van der Waals surface area contributed by atoms with E-state index in [0.29, 0.717) is 38.4 Å². The molecular weight excluding hydrogens is 466 g/mol. The Morgan fingerprint density at radius 1 is 1.00 bits per heavy atom. The van der Waals surface area contributed by atoms with Gasteiger partial charge < -0.3 is 10.1 Å². The molecule has 0 spiro atoms. The maximum atomic E-state index is 12.8. The lowest BCUT2D eigenvalue weighted by Gasteiger charge is -2.16. The summed E-state index contributed by atoms with van der Waals surface area (Å²) in [4.78, 5) is 12.8. The van der Waals surface area contributed by atoms with E-state index in [1.54, 1.807) is 0 Å². The van der Waals surface area contributed by atoms with E-state index < -0.39 is 26.0 Å². The Hall–Kier alpha value is -2.31. The second kappa shape index (κ2) is 11.2. The molecule has 11 heteroatoms. The Labute approximate surface area is 195 Å². The Morgan fingerprint density at radius 2 is 1.70 bits per heavy atom. The number of nitrogens with one attached hydrogen (secondary N) is 2. The lowest BCUT2D eigenvalue weighted by Crippen LogP contribution is -2.28. The van der Waals surface area contributed by atoms with Gasteiger partial charge in [-0.15, -0.1) is 0 Å². The highest BCUT2D eigenvalue weighted by Crippen LogP contribution is 2.22. The van der Waals surface area contributed by atoms with Gasteiger partial charge in [-0.1, -0.05) is 6.07 Å². The number of hydrogen-bond donors (Lipinski definition) is 2. The van der Waals surface area contributed by atoms with Crippen LogP contribution in [0.1, 0.15) is 36.5 Å². The molecule has 2 N–H and O–H groups in total. The predicted octanol–water partition coefficient (Wildman–Crippen LogP) is 2.43. The molecule has 1 aliphatic heterocycles. The summed E-state index contributed by atoms with van der Waals surface area (Å²) in [6, 6.07) is 11.7. The van der Waals surface area contributed by atoms with E-state index in [9.17, 15) is 21.6 Å². The van der Waals surface area contributed by atoms with Gasteiger partial charge in [0.2, 0.25) is 20.0 Å². The number of rotatable bonds is 11. The number of carbonyl (C=O) groups excluding carboxylic acids is 1. The molecule has 33 heavy (non-hydrogen) atoms. The number of ether oxygens (including phenoxy) is 1. The van der Waals surface area contributed by atoms with Crippen LogP contribution in [0.4, 0.5) is 5.69 Å². The average molecular weight is 496 g/mol. The van der Waals surface area contributed by atoms with E-state index in [1.807, 2.05) is 6.92 Å². The van der Waals surface area contributed by atoms with Crippen LogP contribution in [0.15, 0.2) is 58.3 Å². The van der Waals surface area contributed by atoms with Crippen LogP contribution in [-0.2, 0) is 24.8 Å². The van der Waals surface area contributed by atoms with Crippen molar-refractivity contribution in [1.82, 2.24) is 9.03 Å². The molecule has 2 aromatic rings. The first-order valence-corrected chi connectivity index (χ1v) is 13.8. The second-order valence-electron chi connectivity index (χ2n) is 7.57. The maximum Gasteiger partial charge on any atom is 0.255 e. The first-order valence-electron chi connectivity index (χ1n) is 10.8. The van der Waals surface area contributed by atoms with Crippen molar-refractivity contribution >= 4 is 31.6 Å². The maximum absolute atomic E-state index is 12.8. The molecule has 3 rings (SSSR count). The van der Waals surface area contributed by atoms with E-state index in [0.717, 1.165) is 12.8 Å². The molecule has 0 unspecified atom stereocenters. The molecule has 0 atom stereocenters. The van der Waals surface area contributed by atoms with Crippen LogP contribution in [-0.4, -0.2) is 59.9 Å². The lowest BCUT2D eigenvalue weighted by atomic mass is 10.2. The highest BCUT2D eigenvalue weighted by Gasteiger charge is 2.27. The van der Waals surface area contributed by atoms with Crippen LogP contribution >= 0.6 is 0 Å². The SMILES string of the molecule is CCOCCCNS(=O)(=O)c1ccc(NC(=O)c2cccc(S(=O)(=O)N3CCCC3)c2)cc1. The minimum atomic E-state index is -3.66. The number of nitrogens with zero attached hydrogens (tertiary/aromatic N) is 1. The summed E-state index contributed by atoms with van der Waals surface area (Å²) in [5.74, 6) is -0.488. The third-order valence-electron chi connectivity index (χ3n) is 5.18. The second-order valence-corrected chi connectivity index (χ2v) is 11.3. The van der Waals surface area contributed by atoms with Crippen LogP contribution < -0.4 is 10.0 Å². The summed E-state index contributed by atoms with van der Waals surface area (Å²) in [6.45, 7) is 4.16. The Bertz CT molecular complexity index is 1160. The molecule has 9 nitrogen and oxygen atoms in total. The number of anilines is 1. The molecule has 0 aromatic heterocycles. The fourth-order valence-electron chi connectivity index (χ4n) is 3.40. The van der Waals surface area contributed by atoms with Crippen molar-refractivity contribution in [1.29, 1.82) is 0 Å². The quantitative estimate of drug-likeness (QED) is 0.462. The highest BCUT2D eigenvalue weighted by molar-refractivity contribution is 7.89. The van der Waals surface area contributed by atoms with Gasteiger partial charge in [0, 0.05) is 44.1 Å². The van der Waals surface area contributed by atoms with Gasteiger partial charge in [0.25, 0.3) is 5.91 Å². The highest BCUT2D eigenvalue weighted by atomic mass is 32.2. The van der Waals surface area contributed by atoms with Crippen LogP contribution in [0.3, 0.4) is 0 Å². The summed E-state index contributed by atoms with van der Waals surface area (Å²) in [5, 5.41) is 2.67. The number of sulfonamides is 2. The van der Waals surface area contributed by atoms with Crippen LogP contribution in [0, 0.1) is 0 Å². The van der Waals surface area contributed by atoms with Crippen LogP contribution in [0.2, 0.25) is 0 Å². The minimum absolute atomic E-state index is 0.0777. The van der Waals surface area contributed by atoms with Crippen molar-refractivity contribution in [2.24, 2.45) is 0 Å². The number of benzene rings is 2. The van der Waals surface area contributed by atoms with Gasteiger partial charge in [-0.25, -0.2) is 21.6 Å².